The first-order valence-corrected chi connectivity index (χ1v) is 8.13. The largest absolute Gasteiger partial charge is 0.444 e. The molecule has 6 heteroatoms. The number of amides is 1. The Morgan fingerprint density at radius 2 is 2.05 bits per heavy atom. The number of likely N-dealkylation sites (tertiary alicyclic amines) is 1. The Labute approximate surface area is 141 Å². The summed E-state index contributed by atoms with van der Waals surface area (Å²) in [6.07, 6.45) is 0.518. The van der Waals surface area contributed by atoms with E-state index in [1.165, 1.54) is 0 Å². The predicted octanol–water partition coefficient (Wildman–Crippen LogP) is 4.05. The Kier molecular flexibility index (Phi) is 5.25. The van der Waals surface area contributed by atoms with Crippen molar-refractivity contribution in [3.05, 3.63) is 33.8 Å². The van der Waals surface area contributed by atoms with Gasteiger partial charge in [0.15, 0.2) is 0 Å². The molecule has 0 unspecified atom stereocenters. The molecule has 2 atom stereocenters. The van der Waals surface area contributed by atoms with E-state index in [0.29, 0.717) is 23.1 Å². The third-order valence-corrected chi connectivity index (χ3v) is 4.53. The van der Waals surface area contributed by atoms with Crippen molar-refractivity contribution < 1.29 is 9.53 Å². The van der Waals surface area contributed by atoms with Gasteiger partial charge in [0.25, 0.3) is 0 Å². The lowest BCUT2D eigenvalue weighted by Crippen LogP contribution is -2.44. The minimum absolute atomic E-state index is 0.0907. The fourth-order valence-electron chi connectivity index (χ4n) is 2.82. The number of nitrogens with zero attached hydrogens (tertiary/aromatic N) is 1. The van der Waals surface area contributed by atoms with Crippen LogP contribution < -0.4 is 5.73 Å². The molecule has 0 aromatic heterocycles. The Balaban J connectivity index is 2.18. The first-order valence-electron chi connectivity index (χ1n) is 7.37. The van der Waals surface area contributed by atoms with Crippen molar-refractivity contribution in [2.75, 3.05) is 13.1 Å². The second-order valence-electron chi connectivity index (χ2n) is 6.55. The maximum Gasteiger partial charge on any atom is 0.410 e. The molecule has 1 amide bonds. The van der Waals surface area contributed by atoms with E-state index in [0.717, 1.165) is 12.0 Å². The molecule has 0 spiro atoms. The quantitative estimate of drug-likeness (QED) is 0.880. The SMILES string of the molecule is CC(C)(C)OC(=O)N1CC[C@@H](c2ccc(Cl)c(Cl)c2)[C@@H]1CN. The van der Waals surface area contributed by atoms with Crippen LogP contribution >= 0.6 is 23.2 Å². The number of hydrogen-bond acceptors (Lipinski definition) is 3. The van der Waals surface area contributed by atoms with Crippen molar-refractivity contribution >= 4 is 29.3 Å². The third-order valence-electron chi connectivity index (χ3n) is 3.79. The van der Waals surface area contributed by atoms with Gasteiger partial charge in [-0.1, -0.05) is 29.3 Å². The monoisotopic (exact) mass is 344 g/mol. The minimum atomic E-state index is -0.516. The lowest BCUT2D eigenvalue weighted by Gasteiger charge is -2.30. The average molecular weight is 345 g/mol. The number of hydrogen-bond donors (Lipinski definition) is 1. The van der Waals surface area contributed by atoms with E-state index in [2.05, 4.69) is 0 Å². The molecule has 1 heterocycles. The standard InChI is InChI=1S/C16H22Cl2N2O2/c1-16(2,3)22-15(21)20-7-6-11(14(20)9-19)10-4-5-12(17)13(18)8-10/h4-5,8,11,14H,6-7,9,19H2,1-3H3/t11-,14-/m0/s1. The van der Waals surface area contributed by atoms with Crippen molar-refractivity contribution in [1.82, 2.24) is 4.90 Å². The summed E-state index contributed by atoms with van der Waals surface area (Å²) in [5, 5.41) is 1.04. The van der Waals surface area contributed by atoms with Gasteiger partial charge in [0.1, 0.15) is 5.60 Å². The van der Waals surface area contributed by atoms with E-state index in [1.807, 2.05) is 32.9 Å². The number of ether oxygens (including phenoxy) is 1. The Morgan fingerprint density at radius 1 is 1.36 bits per heavy atom. The van der Waals surface area contributed by atoms with Crippen LogP contribution in [0.3, 0.4) is 0 Å². The summed E-state index contributed by atoms with van der Waals surface area (Å²) in [6.45, 7) is 6.57. The highest BCUT2D eigenvalue weighted by Crippen LogP contribution is 2.36. The van der Waals surface area contributed by atoms with Gasteiger partial charge in [-0.05, 0) is 44.9 Å². The highest BCUT2D eigenvalue weighted by Gasteiger charge is 2.39. The predicted molar refractivity (Wildman–Crippen MR) is 89.6 cm³/mol. The number of rotatable bonds is 2. The first-order chi connectivity index (χ1) is 10.2. The summed E-state index contributed by atoms with van der Waals surface area (Å²) in [7, 11) is 0. The van der Waals surface area contributed by atoms with Crippen LogP contribution in [0, 0.1) is 0 Å². The summed E-state index contributed by atoms with van der Waals surface area (Å²) < 4.78 is 5.47. The van der Waals surface area contributed by atoms with Crippen LogP contribution in [0.15, 0.2) is 18.2 Å². The summed E-state index contributed by atoms with van der Waals surface area (Å²) in [5.74, 6) is 0.146. The molecule has 22 heavy (non-hydrogen) atoms. The van der Waals surface area contributed by atoms with E-state index in [4.69, 9.17) is 33.7 Å². The lowest BCUT2D eigenvalue weighted by atomic mass is 9.92. The lowest BCUT2D eigenvalue weighted by molar-refractivity contribution is 0.0226. The third kappa shape index (κ3) is 3.86. The van der Waals surface area contributed by atoms with Crippen LogP contribution in [0.2, 0.25) is 10.0 Å². The van der Waals surface area contributed by atoms with E-state index >= 15 is 0 Å². The number of nitrogens with two attached hydrogens (primary N) is 1. The molecule has 1 fully saturated rings. The molecule has 1 aromatic carbocycles. The average Bonchev–Trinajstić information content (AvgIpc) is 2.83. The molecule has 1 saturated heterocycles. The topological polar surface area (TPSA) is 55.6 Å². The highest BCUT2D eigenvalue weighted by atomic mass is 35.5. The zero-order chi connectivity index (χ0) is 16.5. The molecule has 4 nitrogen and oxygen atoms in total. The number of halogens is 2. The smallest absolute Gasteiger partial charge is 0.410 e. The van der Waals surface area contributed by atoms with Crippen LogP contribution in [-0.2, 0) is 4.74 Å². The summed E-state index contributed by atoms with van der Waals surface area (Å²) >= 11 is 12.1. The van der Waals surface area contributed by atoms with Gasteiger partial charge in [-0.25, -0.2) is 4.79 Å². The number of carbonyl (C=O) groups excluding carboxylic acids is 1. The molecule has 2 N–H and O–H groups in total. The first kappa shape index (κ1) is 17.4. The van der Waals surface area contributed by atoms with Gasteiger partial charge < -0.3 is 15.4 Å². The fraction of sp³-hybridized carbons (Fsp3) is 0.562. The van der Waals surface area contributed by atoms with Crippen LogP contribution in [0.4, 0.5) is 4.79 Å². The zero-order valence-corrected chi connectivity index (χ0v) is 14.6. The van der Waals surface area contributed by atoms with E-state index in [9.17, 15) is 4.79 Å². The summed E-state index contributed by atoms with van der Waals surface area (Å²) in [4.78, 5) is 14.0. The molecule has 0 saturated carbocycles. The van der Waals surface area contributed by atoms with Crippen LogP contribution in [0.5, 0.6) is 0 Å². The van der Waals surface area contributed by atoms with E-state index in [-0.39, 0.29) is 18.1 Å². The fourth-order valence-corrected chi connectivity index (χ4v) is 3.13. The molecule has 0 aliphatic carbocycles. The Hall–Kier alpha value is -0.970. The van der Waals surface area contributed by atoms with Gasteiger partial charge in [-0.3, -0.25) is 0 Å². The van der Waals surface area contributed by atoms with E-state index < -0.39 is 5.60 Å². The second kappa shape index (κ2) is 6.65. The zero-order valence-electron chi connectivity index (χ0n) is 13.1. The number of carbonyl (C=O) groups is 1. The molecule has 122 valence electrons. The summed E-state index contributed by atoms with van der Waals surface area (Å²) in [5.41, 5.74) is 6.45. The Morgan fingerprint density at radius 3 is 2.59 bits per heavy atom. The van der Waals surface area contributed by atoms with Crippen molar-refractivity contribution in [1.29, 1.82) is 0 Å². The normalized spacial score (nSPS) is 22.0. The maximum atomic E-state index is 12.3. The maximum absolute atomic E-state index is 12.3. The molecule has 2 rings (SSSR count). The Bertz CT molecular complexity index is 558. The molecule has 1 aliphatic rings. The van der Waals surface area contributed by atoms with Gasteiger partial charge >= 0.3 is 6.09 Å². The molecule has 0 bridgehead atoms. The van der Waals surface area contributed by atoms with Gasteiger partial charge in [0, 0.05) is 19.0 Å². The molecule has 1 aromatic rings. The van der Waals surface area contributed by atoms with Crippen LogP contribution in [0.1, 0.15) is 38.7 Å². The second-order valence-corrected chi connectivity index (χ2v) is 7.36. The number of benzene rings is 1. The van der Waals surface area contributed by atoms with Gasteiger partial charge in [-0.2, -0.15) is 0 Å². The summed E-state index contributed by atoms with van der Waals surface area (Å²) in [6, 6.07) is 5.49. The van der Waals surface area contributed by atoms with Gasteiger partial charge in [-0.15, -0.1) is 0 Å². The van der Waals surface area contributed by atoms with Crippen molar-refractivity contribution in [3.63, 3.8) is 0 Å². The molecular weight excluding hydrogens is 323 g/mol. The van der Waals surface area contributed by atoms with Gasteiger partial charge in [0.05, 0.1) is 16.1 Å². The molecule has 1 aliphatic heterocycles. The minimum Gasteiger partial charge on any atom is -0.444 e. The van der Waals surface area contributed by atoms with Crippen molar-refractivity contribution in [3.8, 4) is 0 Å². The van der Waals surface area contributed by atoms with Crippen molar-refractivity contribution in [2.45, 2.75) is 44.8 Å². The molecular formula is C16H22Cl2N2O2. The highest BCUT2D eigenvalue weighted by molar-refractivity contribution is 6.42. The van der Waals surface area contributed by atoms with Crippen LogP contribution in [-0.4, -0.2) is 35.7 Å². The van der Waals surface area contributed by atoms with Crippen molar-refractivity contribution in [2.24, 2.45) is 5.73 Å². The molecule has 0 radical (unpaired) electrons. The van der Waals surface area contributed by atoms with Crippen LogP contribution in [0.25, 0.3) is 0 Å². The van der Waals surface area contributed by atoms with Gasteiger partial charge in [0.2, 0.25) is 0 Å². The van der Waals surface area contributed by atoms with E-state index in [1.54, 1.807) is 11.0 Å².